The fraction of sp³-hybridized carbons (Fsp3) is 0.789. The zero-order valence-corrected chi connectivity index (χ0v) is 64.5. The number of rotatable bonds is 0. The van der Waals surface area contributed by atoms with Crippen LogP contribution in [0.5, 0.6) is 0 Å². The number of pyridine rings is 3. The number of aromatic nitrogens is 3. The summed E-state index contributed by atoms with van der Waals surface area (Å²) in [6, 6.07) is 21.4. The number of hydrogen-bond donors (Lipinski definition) is 4. The first-order valence-electron chi connectivity index (χ1n) is 36.6. The molecule has 6 saturated carbocycles. The Bertz CT molecular complexity index is 2460. The van der Waals surface area contributed by atoms with Gasteiger partial charge < -0.3 is 63.8 Å². The first kappa shape index (κ1) is 79.4. The van der Waals surface area contributed by atoms with Gasteiger partial charge in [0.25, 0.3) is 0 Å². The summed E-state index contributed by atoms with van der Waals surface area (Å²) in [7, 11) is 28.8. The van der Waals surface area contributed by atoms with Crippen molar-refractivity contribution in [3.8, 4) is 0 Å². The van der Waals surface area contributed by atoms with Gasteiger partial charge in [0.05, 0.1) is 11.4 Å². The van der Waals surface area contributed by atoms with Crippen LogP contribution in [0.1, 0.15) is 263 Å². The van der Waals surface area contributed by atoms with Crippen LogP contribution in [0.3, 0.4) is 0 Å². The molecule has 95 heavy (non-hydrogen) atoms. The maximum Gasteiger partial charge on any atom is 0.0545 e. The first-order chi connectivity index (χ1) is 46.7. The SMILES string of the molecule is C[C@@H]1[N-][C@@H]2CCCC[C@H]2[N-]CC[N-][C@@H]2CCCC[C@H]2[N-][C@@H](C)c2cccc1n2.[Cl][Mn][Cl].[Cl][Mn][Cl].[Cl][Mn][Cl].c1c2c3nc4c1CCCC4[N-][C@@H]1CCCC[C@H]1[N-]CC[N-][C@@H]1CCCC[C@H]1[N-]C3CCC2.c1cc2nc(c1)CN[C@@H]1CCCCC1NCCNC1CCCCC1NC2. The van der Waals surface area contributed by atoms with Crippen molar-refractivity contribution in [2.45, 2.75) is 316 Å². The molecule has 0 aromatic carbocycles. The van der Waals surface area contributed by atoms with Gasteiger partial charge in [-0.3, -0.25) is 15.0 Å². The predicted molar refractivity (Wildman–Crippen MR) is 388 cm³/mol. The second kappa shape index (κ2) is 44.8. The molecule has 0 amide bonds. The molecule has 3 aromatic heterocycles. The van der Waals surface area contributed by atoms with E-state index in [-0.39, 0.29) is 63.6 Å². The maximum atomic E-state index is 5.47. The third kappa shape index (κ3) is 25.5. The van der Waals surface area contributed by atoms with Gasteiger partial charge in [0, 0.05) is 73.1 Å². The van der Waals surface area contributed by atoms with Crippen molar-refractivity contribution in [1.82, 2.24) is 36.2 Å². The van der Waals surface area contributed by atoms with Crippen LogP contribution in [0, 0.1) is 0 Å². The largest absolute Gasteiger partial charge is 0.662 e. The van der Waals surface area contributed by atoms with Crippen LogP contribution in [0.2, 0.25) is 0 Å². The molecular formula is C71H109Cl6Mn3N15-8. The van der Waals surface area contributed by atoms with Crippen LogP contribution in [0.4, 0.5) is 0 Å². The smallest absolute Gasteiger partial charge is 0.0545 e. The second-order valence-electron chi connectivity index (χ2n) is 28.1. The minimum Gasteiger partial charge on any atom is -0.662 e. The Kier molecular flexibility index (Phi) is 37.5. The molecule has 3 aliphatic heterocycles. The predicted octanol–water partition coefficient (Wildman–Crippen LogP) is 19.5. The molecule has 14 rings (SSSR count). The van der Waals surface area contributed by atoms with Gasteiger partial charge >= 0.3 is 100.0 Å². The first-order valence-corrected chi connectivity index (χ1v) is 46.4. The van der Waals surface area contributed by atoms with Crippen molar-refractivity contribution in [1.29, 1.82) is 0 Å². The number of halogens is 6. The van der Waals surface area contributed by atoms with E-state index in [4.69, 9.17) is 118 Å². The van der Waals surface area contributed by atoms with E-state index in [2.05, 4.69) is 77.6 Å². The molecule has 3 aromatic rings. The number of hydrogen-bond acceptors (Lipinski definition) is 7. The van der Waals surface area contributed by atoms with E-state index in [0.29, 0.717) is 72.5 Å². The van der Waals surface area contributed by atoms with Gasteiger partial charge in [-0.25, -0.2) is 0 Å². The Labute approximate surface area is 616 Å². The van der Waals surface area contributed by atoms with Crippen molar-refractivity contribution < 1.29 is 39.4 Å². The van der Waals surface area contributed by atoms with Gasteiger partial charge in [-0.1, -0.05) is 210 Å². The van der Waals surface area contributed by atoms with Crippen LogP contribution in [0.15, 0.2) is 42.5 Å². The molecule has 16 atom stereocenters. The molecule has 6 fully saturated rings. The van der Waals surface area contributed by atoms with Crippen molar-refractivity contribution in [2.75, 3.05) is 39.3 Å². The molecule has 24 heteroatoms. The number of fused-ring (bicyclic) bond motifs is 10. The summed E-state index contributed by atoms with van der Waals surface area (Å²) < 4.78 is 0. The van der Waals surface area contributed by atoms with Crippen LogP contribution < -0.4 is 21.3 Å². The van der Waals surface area contributed by atoms with Gasteiger partial charge in [0.1, 0.15) is 0 Å². The van der Waals surface area contributed by atoms with Gasteiger partial charge in [-0.2, -0.15) is 74.5 Å². The second-order valence-corrected chi connectivity index (χ2v) is 33.9. The summed E-state index contributed by atoms with van der Waals surface area (Å²) in [5.74, 6) is 0. The van der Waals surface area contributed by atoms with E-state index in [9.17, 15) is 0 Å². The number of nitrogens with one attached hydrogen (secondary N) is 4. The summed E-state index contributed by atoms with van der Waals surface area (Å²) in [4.78, 5) is 15.3. The van der Waals surface area contributed by atoms with E-state index in [1.807, 2.05) is 0 Å². The normalized spacial score (nSPS) is 33.8. The average Bonchev–Trinajstić information content (AvgIpc) is 1.11. The molecule has 0 radical (unpaired) electrons. The molecule has 4 N–H and O–H groups in total. The summed E-state index contributed by atoms with van der Waals surface area (Å²) in [5.41, 5.74) is 10.0. The molecule has 0 saturated heterocycles. The van der Waals surface area contributed by atoms with E-state index in [0.717, 1.165) is 89.4 Å². The minimum atomic E-state index is 0.00694. The minimum absolute atomic E-state index is 0.00694. The van der Waals surface area contributed by atoms with Crippen molar-refractivity contribution in [3.05, 3.63) is 130 Å². The van der Waals surface area contributed by atoms with Gasteiger partial charge in [0.2, 0.25) is 0 Å². The van der Waals surface area contributed by atoms with Crippen LogP contribution in [-0.4, -0.2) is 127 Å². The molecule has 0 spiro atoms. The molecule has 6 bridgehead atoms. The third-order valence-corrected chi connectivity index (χ3v) is 21.8. The topological polar surface area (TPSA) is 200 Å². The Morgan fingerprint density at radius 2 is 0.674 bits per heavy atom. The molecule has 6 heterocycles. The van der Waals surface area contributed by atoms with E-state index < -0.39 is 0 Å². The maximum absolute atomic E-state index is 5.47. The van der Waals surface area contributed by atoms with Gasteiger partial charge in [-0.05, 0) is 73.9 Å². The van der Waals surface area contributed by atoms with Gasteiger partial charge in [-0.15, -0.1) is 0 Å². The molecule has 15 nitrogen and oxygen atoms in total. The zero-order chi connectivity index (χ0) is 66.4. The molecule has 11 aliphatic rings. The van der Waals surface area contributed by atoms with E-state index in [1.54, 1.807) is 0 Å². The number of aryl methyl sites for hydroxylation is 2. The standard InChI is InChI=1S/C27H39N5.C23H35N5.C21H35N5.6ClH.3Mn/c1-3-11-22-20(9-1)28-15-16-29-21-10-2-4-12-23(21)31-25-14-6-8-19-17-18-7-5-13-24(30-22)26(18)32-27(19)25;1-16-18-12-7-13-19(28-18)17(2)27-23-11-6-4-9-21(23)25-15-14-24-20-8-3-5-10-22(20)26-16;1-3-10-20-18(8-1)22-12-13-23-19-9-2-4-11-21(19)25-15-17-7-5-6-16(26-17)14-24-20;;;;;;;;;/h17,20-25H,1-16H2;7,12-13,16-17,20-23H,3-6,8-11,14-15H2,1-2H3;5-7,18-25H,1-4,8-15H2;6*1H;;;/q2*-4;;;;;;;;3*+2/p-6/t20-,21-,22-,23-,24?,25?;16-,17-,20+,21+,22+,23+;18?,19?,20-,21?;;;;;;;;;/m101........./s1. The molecule has 539 valence electrons. The summed E-state index contributed by atoms with van der Waals surface area (Å²) >= 11 is 0.0208. The Morgan fingerprint density at radius 1 is 0.358 bits per heavy atom. The van der Waals surface area contributed by atoms with Gasteiger partial charge in [0.15, 0.2) is 0 Å². The Balaban J connectivity index is 0.000000158. The fourth-order valence-corrected chi connectivity index (χ4v) is 17.0. The van der Waals surface area contributed by atoms with Crippen molar-refractivity contribution in [2.24, 2.45) is 0 Å². The van der Waals surface area contributed by atoms with E-state index >= 15 is 0 Å². The van der Waals surface area contributed by atoms with Crippen LogP contribution in [-0.2, 0) is 65.3 Å². The molecule has 8 aliphatic carbocycles. The monoisotopic (exact) mass is 1550 g/mol. The zero-order valence-electron chi connectivity index (χ0n) is 56.5. The average molecular weight is 1550 g/mol. The molecule has 5 unspecified atom stereocenters. The van der Waals surface area contributed by atoms with Crippen molar-refractivity contribution >= 4 is 60.6 Å². The summed E-state index contributed by atoms with van der Waals surface area (Å²) in [5, 5.41) is 56.9. The van der Waals surface area contributed by atoms with Crippen LogP contribution >= 0.6 is 60.6 Å². The third-order valence-electron chi connectivity index (χ3n) is 21.8. The Hall–Kier alpha value is 0.268. The summed E-state index contributed by atoms with van der Waals surface area (Å²) in [6.07, 6.45) is 37.4. The van der Waals surface area contributed by atoms with Crippen molar-refractivity contribution in [3.63, 3.8) is 0 Å². The molecular weight excluding hydrogens is 1440 g/mol. The quantitative estimate of drug-likeness (QED) is 0.160. The summed E-state index contributed by atoms with van der Waals surface area (Å²) in [6.45, 7) is 11.7. The van der Waals surface area contributed by atoms with Crippen LogP contribution in [0.25, 0.3) is 42.5 Å². The number of nitrogens with zero attached hydrogens (tertiary/aromatic N) is 11. The fourth-order valence-electron chi connectivity index (χ4n) is 17.0. The van der Waals surface area contributed by atoms with E-state index in [1.165, 1.54) is 201 Å². The Morgan fingerprint density at radius 3 is 1.04 bits per heavy atom.